The van der Waals surface area contributed by atoms with Crippen LogP contribution in [0.3, 0.4) is 0 Å². The lowest BCUT2D eigenvalue weighted by Gasteiger charge is -2.07. The fourth-order valence-electron chi connectivity index (χ4n) is 1.91. The van der Waals surface area contributed by atoms with Crippen LogP contribution >= 0.6 is 0 Å². The maximum absolute atomic E-state index is 12.2. The summed E-state index contributed by atoms with van der Waals surface area (Å²) in [6.07, 6.45) is 1.28. The van der Waals surface area contributed by atoms with Gasteiger partial charge in [-0.15, -0.1) is 0 Å². The molecule has 0 fully saturated rings. The number of carbonyl (C=O) groups is 1. The summed E-state index contributed by atoms with van der Waals surface area (Å²) in [5.41, 5.74) is 4.18. The molecule has 0 spiro atoms. The van der Waals surface area contributed by atoms with Crippen molar-refractivity contribution >= 4 is 17.1 Å². The van der Waals surface area contributed by atoms with E-state index in [1.54, 1.807) is 0 Å². The van der Waals surface area contributed by atoms with Crippen LogP contribution in [0.4, 0.5) is 0 Å². The topological polar surface area (TPSA) is 125 Å². The number of hydrogen-bond donors (Lipinski definition) is 2. The molecule has 0 aliphatic carbocycles. The normalized spacial score (nSPS) is 11.1. The first kappa shape index (κ1) is 13.0. The fraction of sp³-hybridized carbons (Fsp3) is 0.400. The maximum Gasteiger partial charge on any atom is 0.332 e. The molecular weight excluding hydrogens is 254 g/mol. The number of nitrogens with zero attached hydrogens (tertiary/aromatic N) is 4. The number of aliphatic hydroxyl groups is 1. The van der Waals surface area contributed by atoms with Gasteiger partial charge in [0.05, 0.1) is 19.5 Å². The number of rotatable bonds is 4. The van der Waals surface area contributed by atoms with Crippen molar-refractivity contribution in [3.05, 3.63) is 27.2 Å². The molecule has 9 nitrogen and oxygen atoms in total. The van der Waals surface area contributed by atoms with E-state index in [1.165, 1.54) is 22.5 Å². The molecule has 0 bridgehead atoms. The Bertz CT molecular complexity index is 754. The molecule has 2 aromatic rings. The molecule has 102 valence electrons. The zero-order chi connectivity index (χ0) is 14.2. The van der Waals surface area contributed by atoms with Crippen molar-refractivity contribution in [1.29, 1.82) is 0 Å². The van der Waals surface area contributed by atoms with Crippen molar-refractivity contribution in [2.45, 2.75) is 13.1 Å². The van der Waals surface area contributed by atoms with Gasteiger partial charge in [0.25, 0.3) is 5.56 Å². The SMILES string of the molecule is Cn1c(=O)n(CCO)c(=O)c2c1ncn2CC(N)=O. The van der Waals surface area contributed by atoms with Crippen LogP contribution in [-0.2, 0) is 24.9 Å². The monoisotopic (exact) mass is 267 g/mol. The van der Waals surface area contributed by atoms with Crippen LogP contribution in [0.15, 0.2) is 15.9 Å². The Labute approximate surface area is 106 Å². The zero-order valence-electron chi connectivity index (χ0n) is 10.2. The summed E-state index contributed by atoms with van der Waals surface area (Å²) < 4.78 is 3.36. The third-order valence-corrected chi connectivity index (χ3v) is 2.75. The van der Waals surface area contributed by atoms with Gasteiger partial charge in [0.2, 0.25) is 5.91 Å². The summed E-state index contributed by atoms with van der Waals surface area (Å²) in [6, 6.07) is 0. The summed E-state index contributed by atoms with van der Waals surface area (Å²) in [4.78, 5) is 39.0. The van der Waals surface area contributed by atoms with Crippen molar-refractivity contribution in [1.82, 2.24) is 18.7 Å². The highest BCUT2D eigenvalue weighted by Crippen LogP contribution is 2.04. The molecule has 3 N–H and O–H groups in total. The second kappa shape index (κ2) is 4.69. The standard InChI is InChI=1S/C10H13N5O4/c1-13-8-7(14(5-12-8)4-6(11)17)9(18)15(2-3-16)10(13)19/h5,16H,2-4H2,1H3,(H2,11,17). The van der Waals surface area contributed by atoms with Crippen LogP contribution < -0.4 is 17.0 Å². The molecule has 0 saturated heterocycles. The summed E-state index contributed by atoms with van der Waals surface area (Å²) in [6.45, 7) is -0.670. The first-order chi connectivity index (χ1) is 8.97. The average molecular weight is 267 g/mol. The smallest absolute Gasteiger partial charge is 0.332 e. The lowest BCUT2D eigenvalue weighted by atomic mass is 10.4. The van der Waals surface area contributed by atoms with Gasteiger partial charge in [-0.3, -0.25) is 18.7 Å². The van der Waals surface area contributed by atoms with Crippen LogP contribution in [0.2, 0.25) is 0 Å². The molecule has 19 heavy (non-hydrogen) atoms. The molecule has 9 heteroatoms. The van der Waals surface area contributed by atoms with Crippen LogP contribution in [0.1, 0.15) is 0 Å². The minimum absolute atomic E-state index is 0.106. The van der Waals surface area contributed by atoms with E-state index in [2.05, 4.69) is 4.98 Å². The molecule has 1 amide bonds. The van der Waals surface area contributed by atoms with Crippen LogP contribution in [0, 0.1) is 0 Å². The predicted molar refractivity (Wildman–Crippen MR) is 65.5 cm³/mol. The fourth-order valence-corrected chi connectivity index (χ4v) is 1.91. The van der Waals surface area contributed by atoms with Crippen molar-refractivity contribution in [3.8, 4) is 0 Å². The number of nitrogens with two attached hydrogens (primary N) is 1. The lowest BCUT2D eigenvalue weighted by molar-refractivity contribution is -0.118. The highest BCUT2D eigenvalue weighted by Gasteiger charge is 2.16. The molecule has 2 heterocycles. The van der Waals surface area contributed by atoms with E-state index in [4.69, 9.17) is 10.8 Å². The maximum atomic E-state index is 12.2. The molecule has 0 radical (unpaired) electrons. The molecular formula is C10H13N5O4. The first-order valence-electron chi connectivity index (χ1n) is 5.51. The summed E-state index contributed by atoms with van der Waals surface area (Å²) >= 11 is 0. The van der Waals surface area contributed by atoms with Gasteiger partial charge in [-0.25, -0.2) is 9.78 Å². The van der Waals surface area contributed by atoms with E-state index in [0.29, 0.717) is 0 Å². The number of imidazole rings is 1. The number of aromatic nitrogens is 4. The summed E-state index contributed by atoms with van der Waals surface area (Å²) in [5.74, 6) is -0.624. The van der Waals surface area contributed by atoms with Gasteiger partial charge in [-0.2, -0.15) is 0 Å². The zero-order valence-corrected chi connectivity index (χ0v) is 10.2. The van der Waals surface area contributed by atoms with E-state index in [1.807, 2.05) is 0 Å². The number of carbonyl (C=O) groups excluding carboxylic acids is 1. The summed E-state index contributed by atoms with van der Waals surface area (Å²) in [5, 5.41) is 8.89. The van der Waals surface area contributed by atoms with Crippen LogP contribution in [0.25, 0.3) is 11.2 Å². The molecule has 0 atom stereocenters. The molecule has 2 aromatic heterocycles. The van der Waals surface area contributed by atoms with Gasteiger partial charge in [0.15, 0.2) is 11.2 Å². The van der Waals surface area contributed by atoms with Gasteiger partial charge in [-0.1, -0.05) is 0 Å². The Balaban J connectivity index is 2.83. The number of primary amides is 1. The second-order valence-corrected chi connectivity index (χ2v) is 4.03. The Morgan fingerprint density at radius 3 is 2.74 bits per heavy atom. The average Bonchev–Trinajstić information content (AvgIpc) is 2.75. The quantitative estimate of drug-likeness (QED) is 0.627. The van der Waals surface area contributed by atoms with Crippen molar-refractivity contribution < 1.29 is 9.90 Å². The number of hydrogen-bond acceptors (Lipinski definition) is 5. The Morgan fingerprint density at radius 2 is 2.16 bits per heavy atom. The highest BCUT2D eigenvalue weighted by atomic mass is 16.3. The van der Waals surface area contributed by atoms with Gasteiger partial charge in [0.1, 0.15) is 6.54 Å². The number of amides is 1. The minimum atomic E-state index is -0.624. The van der Waals surface area contributed by atoms with E-state index >= 15 is 0 Å². The molecule has 0 aromatic carbocycles. The van der Waals surface area contributed by atoms with E-state index in [9.17, 15) is 14.4 Å². The van der Waals surface area contributed by atoms with Crippen molar-refractivity contribution in [3.63, 3.8) is 0 Å². The van der Waals surface area contributed by atoms with E-state index < -0.39 is 17.2 Å². The second-order valence-electron chi connectivity index (χ2n) is 4.03. The third-order valence-electron chi connectivity index (χ3n) is 2.75. The van der Waals surface area contributed by atoms with E-state index in [0.717, 1.165) is 4.57 Å². The van der Waals surface area contributed by atoms with E-state index in [-0.39, 0.29) is 30.9 Å². The third kappa shape index (κ3) is 2.03. The van der Waals surface area contributed by atoms with Gasteiger partial charge in [0, 0.05) is 7.05 Å². The molecule has 0 aliphatic heterocycles. The minimum Gasteiger partial charge on any atom is -0.395 e. The molecule has 0 saturated carbocycles. The van der Waals surface area contributed by atoms with Crippen molar-refractivity contribution in [2.75, 3.05) is 6.61 Å². The van der Waals surface area contributed by atoms with Gasteiger partial charge >= 0.3 is 5.69 Å². The molecule has 0 unspecified atom stereocenters. The lowest BCUT2D eigenvalue weighted by Crippen LogP contribution is -2.40. The van der Waals surface area contributed by atoms with Crippen LogP contribution in [-0.4, -0.2) is 36.3 Å². The Hall–Kier alpha value is -2.42. The largest absolute Gasteiger partial charge is 0.395 e. The number of fused-ring (bicyclic) bond motifs is 1. The van der Waals surface area contributed by atoms with Gasteiger partial charge < -0.3 is 15.4 Å². The highest BCUT2D eigenvalue weighted by molar-refractivity contribution is 5.77. The summed E-state index contributed by atoms with van der Waals surface area (Å²) in [7, 11) is 1.46. The van der Waals surface area contributed by atoms with Crippen molar-refractivity contribution in [2.24, 2.45) is 12.8 Å². The molecule has 2 rings (SSSR count). The van der Waals surface area contributed by atoms with Crippen LogP contribution in [0.5, 0.6) is 0 Å². The Morgan fingerprint density at radius 1 is 1.47 bits per heavy atom. The Kier molecular flexibility index (Phi) is 3.21. The number of aliphatic hydroxyl groups excluding tert-OH is 1. The predicted octanol–water partition coefficient (Wildman–Crippen LogP) is -2.63. The van der Waals surface area contributed by atoms with Gasteiger partial charge in [-0.05, 0) is 0 Å². The molecule has 0 aliphatic rings. The number of aryl methyl sites for hydroxylation is 1. The first-order valence-corrected chi connectivity index (χ1v) is 5.51.